The molecule has 1 aliphatic carbocycles. The smallest absolute Gasteiger partial charge is 0.257 e. The van der Waals surface area contributed by atoms with E-state index in [2.05, 4.69) is 15.6 Å². The Balaban J connectivity index is 1.50. The van der Waals surface area contributed by atoms with Gasteiger partial charge in [-0.3, -0.25) is 14.9 Å². The van der Waals surface area contributed by atoms with Gasteiger partial charge in [-0.25, -0.2) is 4.98 Å². The Bertz CT molecular complexity index is 1110. The summed E-state index contributed by atoms with van der Waals surface area (Å²) < 4.78 is 0. The number of hydrogen-bond acceptors (Lipinski definition) is 4. The number of benzene rings is 2. The van der Waals surface area contributed by atoms with Crippen LogP contribution in [0.1, 0.15) is 45.3 Å². The van der Waals surface area contributed by atoms with E-state index in [-0.39, 0.29) is 17.7 Å². The van der Waals surface area contributed by atoms with Crippen molar-refractivity contribution in [3.05, 3.63) is 74.2 Å². The summed E-state index contributed by atoms with van der Waals surface area (Å²) in [6, 6.07) is 12.1. The second-order valence-corrected chi connectivity index (χ2v) is 9.11. The maximum atomic E-state index is 12.9. The van der Waals surface area contributed by atoms with Gasteiger partial charge in [0.25, 0.3) is 5.91 Å². The average molecular weight is 460 g/mol. The highest BCUT2D eigenvalue weighted by Gasteiger charge is 2.30. The maximum absolute atomic E-state index is 12.9. The monoisotopic (exact) mass is 459 g/mol. The molecule has 0 fully saturated rings. The lowest BCUT2D eigenvalue weighted by Gasteiger charge is -2.20. The van der Waals surface area contributed by atoms with E-state index in [9.17, 15) is 9.59 Å². The number of fused-ring (bicyclic) bond motifs is 1. The number of hydrogen-bond donors (Lipinski definition) is 2. The van der Waals surface area contributed by atoms with E-state index in [1.165, 1.54) is 11.3 Å². The van der Waals surface area contributed by atoms with Crippen LogP contribution in [0.25, 0.3) is 0 Å². The van der Waals surface area contributed by atoms with Crippen LogP contribution in [0.15, 0.2) is 42.5 Å². The predicted molar refractivity (Wildman–Crippen MR) is 122 cm³/mol. The molecule has 1 heterocycles. The molecule has 1 aromatic heterocycles. The largest absolute Gasteiger partial charge is 0.325 e. The summed E-state index contributed by atoms with van der Waals surface area (Å²) in [5.41, 5.74) is 2.86. The minimum atomic E-state index is -0.355. The quantitative estimate of drug-likeness (QED) is 0.497. The molecule has 1 aliphatic rings. The minimum absolute atomic E-state index is 0.114. The van der Waals surface area contributed by atoms with Crippen LogP contribution in [-0.4, -0.2) is 16.8 Å². The molecule has 0 bridgehead atoms. The van der Waals surface area contributed by atoms with Crippen molar-refractivity contribution in [2.24, 2.45) is 0 Å². The molecule has 0 radical (unpaired) electrons. The van der Waals surface area contributed by atoms with Gasteiger partial charge in [0, 0.05) is 26.2 Å². The van der Waals surface area contributed by atoms with E-state index in [0.29, 0.717) is 32.8 Å². The maximum Gasteiger partial charge on any atom is 0.257 e. The number of thiazole rings is 1. The summed E-state index contributed by atoms with van der Waals surface area (Å²) in [6.45, 7) is 1.91. The van der Waals surface area contributed by atoms with Gasteiger partial charge < -0.3 is 5.32 Å². The first-order valence-electron chi connectivity index (χ1n) is 9.54. The summed E-state index contributed by atoms with van der Waals surface area (Å²) in [5.74, 6) is -0.726. The molecule has 154 valence electrons. The van der Waals surface area contributed by atoms with E-state index in [4.69, 9.17) is 23.2 Å². The highest BCUT2D eigenvalue weighted by Crippen LogP contribution is 2.37. The van der Waals surface area contributed by atoms with Crippen molar-refractivity contribution in [3.8, 4) is 0 Å². The standard InChI is InChI=1S/C22H19Cl2N3O2S/c1-12-5-10-15(11-17(12)24)25-21(29)16-3-2-4-18-19(16)26-22(30-18)27-20(28)13-6-8-14(23)9-7-13/h5-11,16H,2-4H2,1H3,(H,25,29)(H,26,27,28). The Morgan fingerprint density at radius 2 is 1.87 bits per heavy atom. The lowest BCUT2D eigenvalue weighted by Crippen LogP contribution is -2.24. The third-order valence-corrected chi connectivity index (χ3v) is 6.74. The van der Waals surface area contributed by atoms with E-state index < -0.39 is 0 Å². The molecule has 4 rings (SSSR count). The fourth-order valence-corrected chi connectivity index (χ4v) is 4.76. The molecule has 3 aromatic rings. The second kappa shape index (κ2) is 8.76. The molecule has 1 unspecified atom stereocenters. The van der Waals surface area contributed by atoms with Crippen LogP contribution in [-0.2, 0) is 11.2 Å². The van der Waals surface area contributed by atoms with Gasteiger partial charge in [-0.05, 0) is 68.1 Å². The molecular weight excluding hydrogens is 441 g/mol. The SMILES string of the molecule is Cc1ccc(NC(=O)C2CCCc3sc(NC(=O)c4ccc(Cl)cc4)nc32)cc1Cl. The molecule has 1 atom stereocenters. The van der Waals surface area contributed by atoms with Crippen LogP contribution < -0.4 is 10.6 Å². The Labute approximate surface area is 188 Å². The molecule has 0 saturated carbocycles. The van der Waals surface area contributed by atoms with E-state index in [1.807, 2.05) is 19.1 Å². The topological polar surface area (TPSA) is 71.1 Å². The number of nitrogens with one attached hydrogen (secondary N) is 2. The first-order chi connectivity index (χ1) is 14.4. The molecule has 30 heavy (non-hydrogen) atoms. The fourth-order valence-electron chi connectivity index (χ4n) is 3.40. The summed E-state index contributed by atoms with van der Waals surface area (Å²) in [6.07, 6.45) is 2.46. The van der Waals surface area contributed by atoms with Crippen molar-refractivity contribution in [2.75, 3.05) is 10.6 Å². The van der Waals surface area contributed by atoms with Crippen molar-refractivity contribution < 1.29 is 9.59 Å². The number of rotatable bonds is 4. The number of nitrogens with zero attached hydrogens (tertiary/aromatic N) is 1. The molecule has 0 saturated heterocycles. The van der Waals surface area contributed by atoms with Gasteiger partial charge in [0.05, 0.1) is 11.6 Å². The zero-order chi connectivity index (χ0) is 21.3. The van der Waals surface area contributed by atoms with Gasteiger partial charge in [0.1, 0.15) is 0 Å². The molecule has 2 aromatic carbocycles. The number of carbonyl (C=O) groups is 2. The van der Waals surface area contributed by atoms with Gasteiger partial charge in [-0.2, -0.15) is 0 Å². The number of anilines is 2. The van der Waals surface area contributed by atoms with E-state index in [0.717, 1.165) is 29.0 Å². The summed E-state index contributed by atoms with van der Waals surface area (Å²) >= 11 is 13.5. The summed E-state index contributed by atoms with van der Waals surface area (Å²) in [7, 11) is 0. The van der Waals surface area contributed by atoms with Crippen LogP contribution in [0.3, 0.4) is 0 Å². The zero-order valence-electron chi connectivity index (χ0n) is 16.2. The van der Waals surface area contributed by atoms with Crippen molar-refractivity contribution >= 4 is 57.2 Å². The molecule has 0 aliphatic heterocycles. The molecule has 0 spiro atoms. The van der Waals surface area contributed by atoms with Crippen LogP contribution in [0.4, 0.5) is 10.8 Å². The normalized spacial score (nSPS) is 15.4. The van der Waals surface area contributed by atoms with Crippen molar-refractivity contribution in [2.45, 2.75) is 32.1 Å². The Kier molecular flexibility index (Phi) is 6.09. The lowest BCUT2D eigenvalue weighted by atomic mass is 9.90. The Morgan fingerprint density at radius 3 is 2.60 bits per heavy atom. The first-order valence-corrected chi connectivity index (χ1v) is 11.1. The summed E-state index contributed by atoms with van der Waals surface area (Å²) in [5, 5.41) is 7.45. The Hall–Kier alpha value is -2.41. The number of aryl methyl sites for hydroxylation is 2. The van der Waals surface area contributed by atoms with Gasteiger partial charge in [-0.1, -0.05) is 29.3 Å². The second-order valence-electron chi connectivity index (χ2n) is 7.19. The highest BCUT2D eigenvalue weighted by atomic mass is 35.5. The number of carbonyl (C=O) groups excluding carboxylic acids is 2. The van der Waals surface area contributed by atoms with Crippen molar-refractivity contribution in [1.29, 1.82) is 0 Å². The molecular formula is C22H19Cl2N3O2S. The highest BCUT2D eigenvalue weighted by molar-refractivity contribution is 7.16. The van der Waals surface area contributed by atoms with Crippen LogP contribution >= 0.6 is 34.5 Å². The molecule has 5 nitrogen and oxygen atoms in total. The summed E-state index contributed by atoms with van der Waals surface area (Å²) in [4.78, 5) is 31.0. The number of amides is 2. The number of aromatic nitrogens is 1. The zero-order valence-corrected chi connectivity index (χ0v) is 18.5. The predicted octanol–water partition coefficient (Wildman–Crippen LogP) is 6.07. The molecule has 2 amide bonds. The minimum Gasteiger partial charge on any atom is -0.325 e. The van der Waals surface area contributed by atoms with Gasteiger partial charge >= 0.3 is 0 Å². The molecule has 8 heteroatoms. The van der Waals surface area contributed by atoms with Crippen LogP contribution in [0, 0.1) is 6.92 Å². The number of halogens is 2. The van der Waals surface area contributed by atoms with Gasteiger partial charge in [0.2, 0.25) is 5.91 Å². The fraction of sp³-hybridized carbons (Fsp3) is 0.227. The average Bonchev–Trinajstić information content (AvgIpc) is 3.13. The van der Waals surface area contributed by atoms with Gasteiger partial charge in [0.15, 0.2) is 5.13 Å². The van der Waals surface area contributed by atoms with Gasteiger partial charge in [-0.15, -0.1) is 11.3 Å². The van der Waals surface area contributed by atoms with Crippen molar-refractivity contribution in [3.63, 3.8) is 0 Å². The van der Waals surface area contributed by atoms with E-state index >= 15 is 0 Å². The first kappa shape index (κ1) is 20.8. The third kappa shape index (κ3) is 4.51. The molecule has 2 N–H and O–H groups in total. The Morgan fingerprint density at radius 1 is 1.10 bits per heavy atom. The van der Waals surface area contributed by atoms with E-state index in [1.54, 1.807) is 30.3 Å². The van der Waals surface area contributed by atoms with Crippen LogP contribution in [0.5, 0.6) is 0 Å². The third-order valence-electron chi connectivity index (χ3n) is 5.04. The lowest BCUT2D eigenvalue weighted by molar-refractivity contribution is -0.117. The van der Waals surface area contributed by atoms with Crippen LogP contribution in [0.2, 0.25) is 10.0 Å². The van der Waals surface area contributed by atoms with Crippen molar-refractivity contribution in [1.82, 2.24) is 4.98 Å².